The second-order valence-corrected chi connectivity index (χ2v) is 5.44. The van der Waals surface area contributed by atoms with E-state index in [9.17, 15) is 14.4 Å². The number of aromatic amines is 1. The second-order valence-electron chi connectivity index (χ2n) is 5.44. The molecule has 0 fully saturated rings. The van der Waals surface area contributed by atoms with Gasteiger partial charge < -0.3 is 14.5 Å². The van der Waals surface area contributed by atoms with Gasteiger partial charge in [-0.15, -0.1) is 0 Å². The van der Waals surface area contributed by atoms with Gasteiger partial charge in [0, 0.05) is 5.69 Å². The molecule has 0 bridgehead atoms. The van der Waals surface area contributed by atoms with Gasteiger partial charge in [0.2, 0.25) is 5.78 Å². The van der Waals surface area contributed by atoms with Crippen LogP contribution in [0.2, 0.25) is 0 Å². The van der Waals surface area contributed by atoms with Crippen molar-refractivity contribution in [1.29, 1.82) is 0 Å². The van der Waals surface area contributed by atoms with Crippen molar-refractivity contribution < 1.29 is 23.9 Å². The predicted molar refractivity (Wildman–Crippen MR) is 80.9 cm³/mol. The van der Waals surface area contributed by atoms with Crippen LogP contribution in [-0.4, -0.2) is 35.4 Å². The molecule has 0 aromatic carbocycles. The molecular formula is C16H23NO5. The molecule has 1 N–H and O–H groups in total. The van der Waals surface area contributed by atoms with E-state index >= 15 is 0 Å². The number of carbonyl (C=O) groups excluding carboxylic acids is 3. The highest BCUT2D eigenvalue weighted by atomic mass is 16.5. The fourth-order valence-corrected chi connectivity index (χ4v) is 2.07. The minimum atomic E-state index is -0.915. The summed E-state index contributed by atoms with van der Waals surface area (Å²) in [6.07, 6.45) is -0.915. The molecule has 1 aromatic rings. The first-order valence-electron chi connectivity index (χ1n) is 7.31. The standard InChI is InChI=1S/C16H23NO5/c1-7-21-16(20)12-9(4)13(17-10(12)5)14(18)11(6)22-15(19)8(2)3/h8,11,17H,7H2,1-6H3/t11-/m1/s1. The zero-order chi connectivity index (χ0) is 17.0. The molecule has 0 aliphatic carbocycles. The Morgan fingerprint density at radius 3 is 2.23 bits per heavy atom. The Balaban J connectivity index is 3.02. The molecule has 0 saturated heterocycles. The fraction of sp³-hybridized carbons (Fsp3) is 0.562. The van der Waals surface area contributed by atoms with E-state index in [1.165, 1.54) is 6.92 Å². The van der Waals surface area contributed by atoms with Gasteiger partial charge in [0.25, 0.3) is 0 Å². The molecule has 0 unspecified atom stereocenters. The molecule has 1 atom stereocenters. The van der Waals surface area contributed by atoms with Crippen LogP contribution in [-0.2, 0) is 14.3 Å². The molecule has 0 aliphatic rings. The maximum Gasteiger partial charge on any atom is 0.340 e. The second kappa shape index (κ2) is 7.24. The molecule has 22 heavy (non-hydrogen) atoms. The Hall–Kier alpha value is -2.11. The van der Waals surface area contributed by atoms with Crippen LogP contribution in [0.1, 0.15) is 59.8 Å². The third-order valence-corrected chi connectivity index (χ3v) is 3.30. The van der Waals surface area contributed by atoms with E-state index < -0.39 is 18.0 Å². The van der Waals surface area contributed by atoms with E-state index in [-0.39, 0.29) is 24.0 Å². The highest BCUT2D eigenvalue weighted by Gasteiger charge is 2.27. The first kappa shape index (κ1) is 17.9. The number of aryl methyl sites for hydroxylation is 1. The lowest BCUT2D eigenvalue weighted by molar-refractivity contribution is -0.150. The first-order chi connectivity index (χ1) is 10.2. The van der Waals surface area contributed by atoms with Gasteiger partial charge in [0.1, 0.15) is 0 Å². The van der Waals surface area contributed by atoms with Crippen LogP contribution < -0.4 is 0 Å². The number of carbonyl (C=O) groups is 3. The number of H-pyrrole nitrogens is 1. The van der Waals surface area contributed by atoms with Crippen LogP contribution in [0.25, 0.3) is 0 Å². The van der Waals surface area contributed by atoms with Crippen molar-refractivity contribution >= 4 is 17.7 Å². The third-order valence-electron chi connectivity index (χ3n) is 3.30. The summed E-state index contributed by atoms with van der Waals surface area (Å²) in [6.45, 7) is 10.2. The van der Waals surface area contributed by atoms with Gasteiger partial charge in [0.05, 0.1) is 23.8 Å². The number of ether oxygens (including phenoxy) is 2. The van der Waals surface area contributed by atoms with Crippen LogP contribution in [0.3, 0.4) is 0 Å². The van der Waals surface area contributed by atoms with Gasteiger partial charge in [-0.25, -0.2) is 4.79 Å². The fourth-order valence-electron chi connectivity index (χ4n) is 2.07. The van der Waals surface area contributed by atoms with Crippen molar-refractivity contribution in [3.63, 3.8) is 0 Å². The van der Waals surface area contributed by atoms with Crippen LogP contribution in [0.15, 0.2) is 0 Å². The molecule has 6 nitrogen and oxygen atoms in total. The summed E-state index contributed by atoms with van der Waals surface area (Å²) in [4.78, 5) is 38.8. The van der Waals surface area contributed by atoms with E-state index in [1.807, 2.05) is 0 Å². The Morgan fingerprint density at radius 1 is 1.14 bits per heavy atom. The largest absolute Gasteiger partial charge is 0.462 e. The van der Waals surface area contributed by atoms with E-state index in [2.05, 4.69) is 4.98 Å². The molecular weight excluding hydrogens is 286 g/mol. The van der Waals surface area contributed by atoms with Crippen LogP contribution in [0.4, 0.5) is 0 Å². The van der Waals surface area contributed by atoms with Gasteiger partial charge in [-0.3, -0.25) is 9.59 Å². The molecule has 6 heteroatoms. The van der Waals surface area contributed by atoms with E-state index in [1.54, 1.807) is 34.6 Å². The SMILES string of the molecule is CCOC(=O)c1c(C)[nH]c(C(=O)[C@@H](C)OC(=O)C(C)C)c1C. The van der Waals surface area contributed by atoms with E-state index in [4.69, 9.17) is 9.47 Å². The van der Waals surface area contributed by atoms with E-state index in [0.717, 1.165) is 0 Å². The average Bonchev–Trinajstić information content (AvgIpc) is 2.73. The lowest BCUT2D eigenvalue weighted by Crippen LogP contribution is -2.27. The van der Waals surface area contributed by atoms with Crippen LogP contribution in [0.5, 0.6) is 0 Å². The van der Waals surface area contributed by atoms with E-state index in [0.29, 0.717) is 16.8 Å². The Kier molecular flexibility index (Phi) is 5.91. The number of hydrogen-bond acceptors (Lipinski definition) is 5. The predicted octanol–water partition coefficient (Wildman–Crippen LogP) is 2.58. The normalized spacial score (nSPS) is 12.1. The molecule has 0 spiro atoms. The van der Waals surface area contributed by atoms with Crippen LogP contribution in [0, 0.1) is 19.8 Å². The van der Waals surface area contributed by atoms with Crippen molar-refractivity contribution in [1.82, 2.24) is 4.98 Å². The van der Waals surface area contributed by atoms with Crippen LogP contribution >= 0.6 is 0 Å². The Morgan fingerprint density at radius 2 is 1.73 bits per heavy atom. The van der Waals surface area contributed by atoms with Crippen molar-refractivity contribution in [2.24, 2.45) is 5.92 Å². The number of aromatic nitrogens is 1. The van der Waals surface area contributed by atoms with Gasteiger partial charge in [-0.2, -0.15) is 0 Å². The number of rotatable bonds is 6. The Labute approximate surface area is 130 Å². The minimum absolute atomic E-state index is 0.259. The molecule has 1 aromatic heterocycles. The smallest absolute Gasteiger partial charge is 0.340 e. The number of nitrogens with one attached hydrogen (secondary N) is 1. The topological polar surface area (TPSA) is 85.5 Å². The number of hydrogen-bond donors (Lipinski definition) is 1. The lowest BCUT2D eigenvalue weighted by atomic mass is 10.1. The third kappa shape index (κ3) is 3.75. The average molecular weight is 309 g/mol. The lowest BCUT2D eigenvalue weighted by Gasteiger charge is -2.13. The zero-order valence-electron chi connectivity index (χ0n) is 13.9. The number of Topliss-reactive ketones (excluding diaryl/α,β-unsaturated/α-hetero) is 1. The number of ketones is 1. The van der Waals surface area contributed by atoms with Gasteiger partial charge in [-0.05, 0) is 33.3 Å². The summed E-state index contributed by atoms with van der Waals surface area (Å²) in [5.74, 6) is -1.59. The molecule has 122 valence electrons. The van der Waals surface area contributed by atoms with Gasteiger partial charge >= 0.3 is 11.9 Å². The highest BCUT2D eigenvalue weighted by molar-refractivity contribution is 6.04. The first-order valence-corrected chi connectivity index (χ1v) is 7.31. The maximum absolute atomic E-state index is 12.4. The molecule has 0 saturated carbocycles. The minimum Gasteiger partial charge on any atom is -0.462 e. The molecule has 1 rings (SSSR count). The van der Waals surface area contributed by atoms with Gasteiger partial charge in [-0.1, -0.05) is 13.8 Å². The molecule has 0 aliphatic heterocycles. The highest BCUT2D eigenvalue weighted by Crippen LogP contribution is 2.21. The summed E-state index contributed by atoms with van der Waals surface area (Å²) in [5, 5.41) is 0. The van der Waals surface area contributed by atoms with Crippen molar-refractivity contribution in [3.8, 4) is 0 Å². The molecule has 0 radical (unpaired) electrons. The monoisotopic (exact) mass is 309 g/mol. The van der Waals surface area contributed by atoms with Crippen molar-refractivity contribution in [3.05, 3.63) is 22.5 Å². The summed E-state index contributed by atoms with van der Waals surface area (Å²) in [7, 11) is 0. The van der Waals surface area contributed by atoms with Gasteiger partial charge in [0.15, 0.2) is 6.10 Å². The molecule has 1 heterocycles. The summed E-state index contributed by atoms with van der Waals surface area (Å²) < 4.78 is 10.1. The summed E-state index contributed by atoms with van der Waals surface area (Å²) in [6, 6.07) is 0. The maximum atomic E-state index is 12.4. The van der Waals surface area contributed by atoms with Crippen molar-refractivity contribution in [2.45, 2.75) is 47.6 Å². The summed E-state index contributed by atoms with van der Waals surface area (Å²) >= 11 is 0. The number of esters is 2. The Bertz CT molecular complexity index is 586. The van der Waals surface area contributed by atoms with Crippen molar-refractivity contribution in [2.75, 3.05) is 6.61 Å². The quantitative estimate of drug-likeness (QED) is 0.645. The zero-order valence-corrected chi connectivity index (χ0v) is 13.9. The molecule has 0 amide bonds. The summed E-state index contributed by atoms with van der Waals surface area (Å²) in [5.41, 5.74) is 1.69.